The van der Waals surface area contributed by atoms with E-state index >= 15 is 0 Å². The SMILES string of the molecule is CC(c1nc2ccccc2s1)N(C)C(=O)C=Cc1cc(Cl)c2c(c1)OCCCO2. The third-order valence-electron chi connectivity index (χ3n) is 4.84. The second-order valence-corrected chi connectivity index (χ2v) is 8.33. The number of ether oxygens (including phenoxy) is 2. The first-order valence-electron chi connectivity index (χ1n) is 9.42. The molecule has 0 saturated carbocycles. The molecule has 0 spiro atoms. The molecule has 1 aliphatic heterocycles. The molecule has 1 atom stereocenters. The van der Waals surface area contributed by atoms with Crippen LogP contribution in [0.3, 0.4) is 0 Å². The van der Waals surface area contributed by atoms with E-state index in [0.717, 1.165) is 27.2 Å². The van der Waals surface area contributed by atoms with E-state index in [4.69, 9.17) is 21.1 Å². The summed E-state index contributed by atoms with van der Waals surface area (Å²) in [5.74, 6) is 1.06. The number of carbonyl (C=O) groups excluding carboxylic acids is 1. The predicted octanol–water partition coefficient (Wildman–Crippen LogP) is 5.34. The fourth-order valence-electron chi connectivity index (χ4n) is 3.06. The summed E-state index contributed by atoms with van der Waals surface area (Å²) in [6, 6.07) is 11.5. The monoisotopic (exact) mass is 428 g/mol. The number of hydrogen-bond acceptors (Lipinski definition) is 5. The number of amides is 1. The number of fused-ring (bicyclic) bond motifs is 2. The summed E-state index contributed by atoms with van der Waals surface area (Å²) in [5.41, 5.74) is 1.74. The van der Waals surface area contributed by atoms with Gasteiger partial charge in [0.05, 0.1) is 34.5 Å². The summed E-state index contributed by atoms with van der Waals surface area (Å²) in [4.78, 5) is 19.0. The Labute approximate surface area is 178 Å². The lowest BCUT2D eigenvalue weighted by Crippen LogP contribution is -2.27. The van der Waals surface area contributed by atoms with Crippen LogP contribution in [0.25, 0.3) is 16.3 Å². The van der Waals surface area contributed by atoms with Crippen LogP contribution in [-0.4, -0.2) is 36.1 Å². The highest BCUT2D eigenvalue weighted by Gasteiger charge is 2.19. The number of aromatic nitrogens is 1. The van der Waals surface area contributed by atoms with Gasteiger partial charge >= 0.3 is 0 Å². The molecule has 0 radical (unpaired) electrons. The van der Waals surface area contributed by atoms with E-state index in [1.54, 1.807) is 41.5 Å². The van der Waals surface area contributed by atoms with Crippen molar-refractivity contribution in [2.75, 3.05) is 20.3 Å². The Bertz CT molecular complexity index is 1050. The first-order valence-corrected chi connectivity index (χ1v) is 10.6. The second kappa shape index (κ2) is 8.43. The predicted molar refractivity (Wildman–Crippen MR) is 117 cm³/mol. The third kappa shape index (κ3) is 4.23. The lowest BCUT2D eigenvalue weighted by Gasteiger charge is -2.21. The molecule has 0 bridgehead atoms. The van der Waals surface area contributed by atoms with Crippen LogP contribution in [0.4, 0.5) is 0 Å². The lowest BCUT2D eigenvalue weighted by molar-refractivity contribution is -0.126. The van der Waals surface area contributed by atoms with Gasteiger partial charge in [-0.3, -0.25) is 4.79 Å². The van der Waals surface area contributed by atoms with Crippen LogP contribution in [-0.2, 0) is 4.79 Å². The largest absolute Gasteiger partial charge is 0.489 e. The summed E-state index contributed by atoms with van der Waals surface area (Å²) in [6.45, 7) is 3.14. The van der Waals surface area contributed by atoms with Gasteiger partial charge in [0, 0.05) is 19.5 Å². The molecule has 29 heavy (non-hydrogen) atoms. The first-order chi connectivity index (χ1) is 14.0. The Morgan fingerprint density at radius 1 is 1.28 bits per heavy atom. The maximum Gasteiger partial charge on any atom is 0.246 e. The molecule has 4 rings (SSSR count). The van der Waals surface area contributed by atoms with Crippen molar-refractivity contribution in [1.82, 2.24) is 9.88 Å². The van der Waals surface area contributed by atoms with Crippen LogP contribution < -0.4 is 9.47 Å². The topological polar surface area (TPSA) is 51.7 Å². The summed E-state index contributed by atoms with van der Waals surface area (Å²) < 4.78 is 12.5. The number of carbonyl (C=O) groups is 1. The molecule has 1 aliphatic rings. The maximum absolute atomic E-state index is 12.7. The van der Waals surface area contributed by atoms with Crippen LogP contribution >= 0.6 is 22.9 Å². The normalized spacial score (nSPS) is 14.7. The fourth-order valence-corrected chi connectivity index (χ4v) is 4.39. The van der Waals surface area contributed by atoms with Crippen LogP contribution in [0.1, 0.15) is 30.0 Å². The average Bonchev–Trinajstić information content (AvgIpc) is 3.01. The van der Waals surface area contributed by atoms with E-state index in [0.29, 0.717) is 29.7 Å². The van der Waals surface area contributed by atoms with Gasteiger partial charge in [-0.1, -0.05) is 23.7 Å². The van der Waals surface area contributed by atoms with Crippen molar-refractivity contribution in [2.24, 2.45) is 0 Å². The molecular formula is C22H21ClN2O3S. The Morgan fingerprint density at radius 3 is 2.90 bits per heavy atom. The van der Waals surface area contributed by atoms with Crippen molar-refractivity contribution in [2.45, 2.75) is 19.4 Å². The quantitative estimate of drug-likeness (QED) is 0.526. The minimum absolute atomic E-state index is 0.111. The maximum atomic E-state index is 12.7. The second-order valence-electron chi connectivity index (χ2n) is 6.86. The molecule has 0 N–H and O–H groups in total. The van der Waals surface area contributed by atoms with Gasteiger partial charge in [-0.25, -0.2) is 4.98 Å². The molecule has 3 aromatic rings. The van der Waals surface area contributed by atoms with Gasteiger partial charge in [-0.2, -0.15) is 0 Å². The summed E-state index contributed by atoms with van der Waals surface area (Å²) >= 11 is 7.93. The molecule has 0 saturated heterocycles. The molecule has 2 heterocycles. The Balaban J connectivity index is 1.50. The molecule has 1 amide bonds. The van der Waals surface area contributed by atoms with Gasteiger partial charge in [-0.05, 0) is 42.8 Å². The van der Waals surface area contributed by atoms with Gasteiger partial charge in [0.15, 0.2) is 11.5 Å². The molecular weight excluding hydrogens is 408 g/mol. The Morgan fingerprint density at radius 2 is 2.07 bits per heavy atom. The highest BCUT2D eigenvalue weighted by atomic mass is 35.5. The zero-order chi connectivity index (χ0) is 20.4. The number of nitrogens with zero attached hydrogens (tertiary/aromatic N) is 2. The molecule has 150 valence electrons. The van der Waals surface area contributed by atoms with E-state index in [9.17, 15) is 4.79 Å². The molecule has 1 unspecified atom stereocenters. The summed E-state index contributed by atoms with van der Waals surface area (Å²) in [6.07, 6.45) is 4.09. The number of likely N-dealkylation sites (N-methyl/N-ethyl adjacent to an activating group) is 1. The summed E-state index contributed by atoms with van der Waals surface area (Å²) in [5, 5.41) is 1.39. The number of benzene rings is 2. The molecule has 1 aromatic heterocycles. The average molecular weight is 429 g/mol. The van der Waals surface area contributed by atoms with Gasteiger partial charge in [0.25, 0.3) is 0 Å². The van der Waals surface area contributed by atoms with Crippen LogP contribution in [0, 0.1) is 0 Å². The van der Waals surface area contributed by atoms with Crippen LogP contribution in [0.2, 0.25) is 5.02 Å². The van der Waals surface area contributed by atoms with E-state index in [1.165, 1.54) is 0 Å². The van der Waals surface area contributed by atoms with Gasteiger partial charge in [0.2, 0.25) is 5.91 Å². The molecule has 5 nitrogen and oxygen atoms in total. The fraction of sp³-hybridized carbons (Fsp3) is 0.273. The number of halogens is 1. The molecule has 2 aromatic carbocycles. The van der Waals surface area contributed by atoms with E-state index < -0.39 is 0 Å². The highest BCUT2D eigenvalue weighted by molar-refractivity contribution is 7.18. The zero-order valence-corrected chi connectivity index (χ0v) is 17.8. The number of para-hydroxylation sites is 1. The van der Waals surface area contributed by atoms with E-state index in [-0.39, 0.29) is 11.9 Å². The van der Waals surface area contributed by atoms with E-state index in [1.807, 2.05) is 37.3 Å². The summed E-state index contributed by atoms with van der Waals surface area (Å²) in [7, 11) is 1.78. The smallest absolute Gasteiger partial charge is 0.246 e. The van der Waals surface area contributed by atoms with Crippen molar-refractivity contribution < 1.29 is 14.3 Å². The van der Waals surface area contributed by atoms with Gasteiger partial charge in [0.1, 0.15) is 5.01 Å². The third-order valence-corrected chi connectivity index (χ3v) is 6.33. The van der Waals surface area contributed by atoms with Gasteiger partial charge < -0.3 is 14.4 Å². The molecule has 0 aliphatic carbocycles. The zero-order valence-electron chi connectivity index (χ0n) is 16.2. The van der Waals surface area contributed by atoms with Crippen molar-refractivity contribution in [3.63, 3.8) is 0 Å². The number of hydrogen-bond donors (Lipinski definition) is 0. The van der Waals surface area contributed by atoms with Crippen LogP contribution in [0.15, 0.2) is 42.5 Å². The lowest BCUT2D eigenvalue weighted by atomic mass is 10.1. The minimum Gasteiger partial charge on any atom is -0.489 e. The molecule has 0 fully saturated rings. The highest BCUT2D eigenvalue weighted by Crippen LogP contribution is 2.38. The Hall–Kier alpha value is -2.57. The number of thiazole rings is 1. The van der Waals surface area contributed by atoms with Gasteiger partial charge in [-0.15, -0.1) is 11.3 Å². The van der Waals surface area contributed by atoms with Crippen molar-refractivity contribution in [3.05, 3.63) is 58.1 Å². The van der Waals surface area contributed by atoms with Crippen LogP contribution in [0.5, 0.6) is 11.5 Å². The number of rotatable bonds is 4. The van der Waals surface area contributed by atoms with E-state index in [2.05, 4.69) is 4.98 Å². The Kier molecular flexibility index (Phi) is 5.74. The first kappa shape index (κ1) is 19.7. The molecule has 7 heteroatoms. The minimum atomic E-state index is -0.128. The van der Waals surface area contributed by atoms with Crippen molar-refractivity contribution in [3.8, 4) is 11.5 Å². The van der Waals surface area contributed by atoms with Crippen molar-refractivity contribution in [1.29, 1.82) is 0 Å². The van der Waals surface area contributed by atoms with Crippen molar-refractivity contribution >= 4 is 45.1 Å². The standard InChI is InChI=1S/C22H21ClN2O3S/c1-14(22-24-17-6-3-4-7-19(17)29-22)25(2)20(26)9-8-15-12-16(23)21-18(13-15)27-10-5-11-28-21/h3-4,6-9,12-14H,5,10-11H2,1-2H3.